The SMILES string of the molecule is C1=C(C2=CC=C(N(c3cccc4ccccc34)c3cccc4ccccc34)CC2)CCC(N(c2cccc3ccccc23)c2cccc3ccccc23)=C1. The Hall–Kier alpha value is -6.64. The van der Waals surface area contributed by atoms with Gasteiger partial charge in [-0.25, -0.2) is 0 Å². The van der Waals surface area contributed by atoms with E-state index in [9.17, 15) is 0 Å². The van der Waals surface area contributed by atoms with E-state index in [-0.39, 0.29) is 0 Å². The molecule has 8 aromatic carbocycles. The summed E-state index contributed by atoms with van der Waals surface area (Å²) in [6, 6.07) is 61.7. The fourth-order valence-corrected chi connectivity index (χ4v) is 8.65. The molecule has 2 heteroatoms. The maximum atomic E-state index is 2.51. The highest BCUT2D eigenvalue weighted by Gasteiger charge is 2.24. The number of nitrogens with zero attached hydrogens (tertiary/aromatic N) is 2. The lowest BCUT2D eigenvalue weighted by atomic mass is 9.88. The van der Waals surface area contributed by atoms with Gasteiger partial charge in [0.25, 0.3) is 0 Å². The van der Waals surface area contributed by atoms with Gasteiger partial charge in [-0.15, -0.1) is 0 Å². The van der Waals surface area contributed by atoms with Crippen molar-refractivity contribution in [1.29, 1.82) is 0 Å². The molecule has 0 saturated heterocycles. The van der Waals surface area contributed by atoms with E-state index in [1.165, 1.54) is 88.4 Å². The van der Waals surface area contributed by atoms with Crippen LogP contribution in [0.15, 0.2) is 217 Å². The predicted molar refractivity (Wildman–Crippen MR) is 231 cm³/mol. The summed E-state index contributed by atoms with van der Waals surface area (Å²) in [4.78, 5) is 5.02. The first-order valence-corrected chi connectivity index (χ1v) is 19.1. The number of benzene rings is 8. The highest BCUT2D eigenvalue weighted by Crippen LogP contribution is 2.44. The number of anilines is 4. The Bertz CT molecular complexity index is 2480. The largest absolute Gasteiger partial charge is 0.313 e. The van der Waals surface area contributed by atoms with Crippen LogP contribution in [0.4, 0.5) is 22.7 Å². The molecule has 0 saturated carbocycles. The van der Waals surface area contributed by atoms with Crippen molar-refractivity contribution >= 4 is 65.8 Å². The van der Waals surface area contributed by atoms with Crippen LogP contribution in [0.3, 0.4) is 0 Å². The van der Waals surface area contributed by atoms with Gasteiger partial charge in [0.05, 0.1) is 22.7 Å². The van der Waals surface area contributed by atoms with Gasteiger partial charge in [-0.1, -0.05) is 158 Å². The summed E-state index contributed by atoms with van der Waals surface area (Å²) in [5.74, 6) is 0. The number of hydrogen-bond acceptors (Lipinski definition) is 2. The maximum Gasteiger partial charge on any atom is 0.0537 e. The van der Waals surface area contributed by atoms with Crippen LogP contribution in [-0.4, -0.2) is 0 Å². The van der Waals surface area contributed by atoms with Crippen molar-refractivity contribution in [3.8, 4) is 0 Å². The normalized spacial score (nSPS) is 14.4. The zero-order valence-electron chi connectivity index (χ0n) is 30.2. The molecular weight excluding hydrogens is 653 g/mol. The van der Waals surface area contributed by atoms with Gasteiger partial charge in [0, 0.05) is 32.9 Å². The fourth-order valence-electron chi connectivity index (χ4n) is 8.65. The summed E-state index contributed by atoms with van der Waals surface area (Å²) in [5, 5.41) is 10.1. The first-order valence-electron chi connectivity index (χ1n) is 19.1. The zero-order valence-corrected chi connectivity index (χ0v) is 30.2. The molecule has 10 rings (SSSR count). The molecule has 0 spiro atoms. The lowest BCUT2D eigenvalue weighted by Gasteiger charge is -2.33. The summed E-state index contributed by atoms with van der Waals surface area (Å²) in [7, 11) is 0. The number of rotatable bonds is 7. The quantitative estimate of drug-likeness (QED) is 0.164. The molecule has 0 unspecified atom stereocenters. The topological polar surface area (TPSA) is 6.48 Å². The molecule has 0 aromatic heterocycles. The molecule has 0 heterocycles. The Morgan fingerprint density at radius 1 is 0.259 bits per heavy atom. The van der Waals surface area contributed by atoms with Crippen molar-refractivity contribution < 1.29 is 0 Å². The van der Waals surface area contributed by atoms with Crippen LogP contribution in [0, 0.1) is 0 Å². The fraction of sp³-hybridized carbons (Fsp3) is 0.0769. The van der Waals surface area contributed by atoms with Crippen molar-refractivity contribution in [2.45, 2.75) is 25.7 Å². The molecule has 2 aliphatic carbocycles. The van der Waals surface area contributed by atoms with Crippen LogP contribution in [0.25, 0.3) is 43.1 Å². The second-order valence-corrected chi connectivity index (χ2v) is 14.4. The van der Waals surface area contributed by atoms with Gasteiger partial charge in [0.1, 0.15) is 0 Å². The van der Waals surface area contributed by atoms with Crippen LogP contribution >= 0.6 is 0 Å². The van der Waals surface area contributed by atoms with E-state index in [1.807, 2.05) is 0 Å². The molecule has 8 aromatic rings. The molecular formula is C52H40N2. The Kier molecular flexibility index (Phi) is 8.15. The number of allylic oxidation sites excluding steroid dienone is 8. The number of hydrogen-bond donors (Lipinski definition) is 0. The molecule has 0 bridgehead atoms. The predicted octanol–water partition coefficient (Wildman–Crippen LogP) is 14.5. The third kappa shape index (κ3) is 5.68. The lowest BCUT2D eigenvalue weighted by molar-refractivity contribution is 0.829. The molecule has 2 nitrogen and oxygen atoms in total. The Morgan fingerprint density at radius 2 is 0.537 bits per heavy atom. The van der Waals surface area contributed by atoms with Crippen LogP contribution in [0.2, 0.25) is 0 Å². The third-order valence-corrected chi connectivity index (χ3v) is 11.3. The van der Waals surface area contributed by atoms with Gasteiger partial charge < -0.3 is 9.80 Å². The minimum atomic E-state index is 0.963. The molecule has 54 heavy (non-hydrogen) atoms. The molecule has 258 valence electrons. The minimum absolute atomic E-state index is 0.963. The monoisotopic (exact) mass is 692 g/mol. The smallest absolute Gasteiger partial charge is 0.0537 e. The summed E-state index contributed by atoms with van der Waals surface area (Å²) >= 11 is 0. The summed E-state index contributed by atoms with van der Waals surface area (Å²) in [5.41, 5.74) is 10.4. The van der Waals surface area contributed by atoms with Crippen LogP contribution in [0.1, 0.15) is 25.7 Å². The van der Waals surface area contributed by atoms with Gasteiger partial charge >= 0.3 is 0 Å². The average molecular weight is 693 g/mol. The molecule has 0 atom stereocenters. The first-order chi connectivity index (χ1) is 26.8. The van der Waals surface area contributed by atoms with E-state index in [2.05, 4.69) is 204 Å². The summed E-state index contributed by atoms with van der Waals surface area (Å²) < 4.78 is 0. The van der Waals surface area contributed by atoms with E-state index in [4.69, 9.17) is 0 Å². The minimum Gasteiger partial charge on any atom is -0.313 e. The standard InChI is InChI=1S/C52H40N2/c1-5-21-45-39(13-1)17-9-25-49(45)53(50-26-10-18-40-14-2-6-22-46(40)50)43-33-29-37(30-34-43)38-31-35-44(36-32-38)54(51-27-11-19-41-15-3-7-23-47(41)51)52-28-12-20-42-16-4-8-24-48(42)52/h1-29,31,33,35H,30,32,34,36H2. The van der Waals surface area contributed by atoms with E-state index >= 15 is 0 Å². The molecule has 0 fully saturated rings. The summed E-state index contributed by atoms with van der Waals surface area (Å²) in [6.45, 7) is 0. The molecule has 2 aliphatic rings. The van der Waals surface area contributed by atoms with Gasteiger partial charge in [-0.3, -0.25) is 0 Å². The third-order valence-electron chi connectivity index (χ3n) is 11.3. The maximum absolute atomic E-state index is 2.51. The second kappa shape index (κ2) is 13.7. The average Bonchev–Trinajstić information content (AvgIpc) is 3.25. The van der Waals surface area contributed by atoms with E-state index < -0.39 is 0 Å². The molecule has 0 amide bonds. The van der Waals surface area contributed by atoms with E-state index in [0.29, 0.717) is 0 Å². The Labute approximate surface area is 316 Å². The highest BCUT2D eigenvalue weighted by molar-refractivity contribution is 6.04. The summed E-state index contributed by atoms with van der Waals surface area (Å²) in [6.07, 6.45) is 13.5. The molecule has 0 radical (unpaired) electrons. The van der Waals surface area contributed by atoms with Crippen molar-refractivity contribution in [2.24, 2.45) is 0 Å². The van der Waals surface area contributed by atoms with E-state index in [1.54, 1.807) is 0 Å². The first kappa shape index (κ1) is 32.0. The van der Waals surface area contributed by atoms with Gasteiger partial charge in [-0.2, -0.15) is 0 Å². The Balaban J connectivity index is 1.05. The molecule has 0 aliphatic heterocycles. The Morgan fingerprint density at radius 3 is 0.815 bits per heavy atom. The van der Waals surface area contributed by atoms with Crippen molar-refractivity contribution in [2.75, 3.05) is 9.80 Å². The number of fused-ring (bicyclic) bond motifs is 4. The second-order valence-electron chi connectivity index (χ2n) is 14.4. The van der Waals surface area contributed by atoms with E-state index in [0.717, 1.165) is 25.7 Å². The van der Waals surface area contributed by atoms with Crippen LogP contribution in [0.5, 0.6) is 0 Å². The lowest BCUT2D eigenvalue weighted by Crippen LogP contribution is -2.20. The van der Waals surface area contributed by atoms with Gasteiger partial charge in [0.2, 0.25) is 0 Å². The van der Waals surface area contributed by atoms with Gasteiger partial charge in [-0.05, 0) is 94.8 Å². The highest BCUT2D eigenvalue weighted by atomic mass is 15.2. The van der Waals surface area contributed by atoms with Crippen molar-refractivity contribution in [1.82, 2.24) is 0 Å². The molecule has 0 N–H and O–H groups in total. The van der Waals surface area contributed by atoms with Crippen LogP contribution < -0.4 is 9.80 Å². The van der Waals surface area contributed by atoms with Crippen molar-refractivity contribution in [3.05, 3.63) is 217 Å². The van der Waals surface area contributed by atoms with Crippen molar-refractivity contribution in [3.63, 3.8) is 0 Å². The van der Waals surface area contributed by atoms with Gasteiger partial charge in [0.15, 0.2) is 0 Å². The van der Waals surface area contributed by atoms with Crippen LogP contribution in [-0.2, 0) is 0 Å². The zero-order chi connectivity index (χ0) is 35.8.